The van der Waals surface area contributed by atoms with Crippen LogP contribution in [0.15, 0.2) is 18.2 Å². The molecule has 94 valence electrons. The Labute approximate surface area is 105 Å². The molecule has 2 nitrogen and oxygen atoms in total. The fourth-order valence-electron chi connectivity index (χ4n) is 2.76. The third kappa shape index (κ3) is 3.81. The van der Waals surface area contributed by atoms with E-state index in [0.29, 0.717) is 6.04 Å². The van der Waals surface area contributed by atoms with Gasteiger partial charge >= 0.3 is 0 Å². The van der Waals surface area contributed by atoms with E-state index in [-0.39, 0.29) is 0 Å². The molecule has 0 bridgehead atoms. The molecule has 0 aromatic carbocycles. The average molecular weight is 232 g/mol. The molecular weight excluding hydrogens is 208 g/mol. The Morgan fingerprint density at radius 3 is 2.76 bits per heavy atom. The molecule has 1 aromatic heterocycles. The summed E-state index contributed by atoms with van der Waals surface area (Å²) in [5.74, 6) is 0.869. The third-order valence-corrected chi connectivity index (χ3v) is 3.91. The van der Waals surface area contributed by atoms with Gasteiger partial charge in [0.05, 0.1) is 5.69 Å². The highest BCUT2D eigenvalue weighted by molar-refractivity contribution is 5.09. The van der Waals surface area contributed by atoms with E-state index >= 15 is 0 Å². The largest absolute Gasteiger partial charge is 0.308 e. The third-order valence-electron chi connectivity index (χ3n) is 3.91. The van der Waals surface area contributed by atoms with E-state index in [9.17, 15) is 0 Å². The molecule has 1 aliphatic rings. The van der Waals surface area contributed by atoms with Gasteiger partial charge in [-0.05, 0) is 44.7 Å². The molecule has 1 atom stereocenters. The van der Waals surface area contributed by atoms with E-state index in [1.165, 1.54) is 32.1 Å². The minimum Gasteiger partial charge on any atom is -0.308 e. The van der Waals surface area contributed by atoms with Crippen LogP contribution in [0.25, 0.3) is 0 Å². The van der Waals surface area contributed by atoms with E-state index < -0.39 is 0 Å². The van der Waals surface area contributed by atoms with Crippen LogP contribution < -0.4 is 5.32 Å². The maximum Gasteiger partial charge on any atom is 0.0544 e. The highest BCUT2D eigenvalue weighted by atomic mass is 14.9. The zero-order chi connectivity index (χ0) is 12.1. The van der Waals surface area contributed by atoms with Crippen LogP contribution in [0, 0.1) is 12.8 Å². The predicted molar refractivity (Wildman–Crippen MR) is 71.9 cm³/mol. The van der Waals surface area contributed by atoms with Gasteiger partial charge in [-0.3, -0.25) is 4.98 Å². The van der Waals surface area contributed by atoms with E-state index in [4.69, 9.17) is 0 Å². The zero-order valence-corrected chi connectivity index (χ0v) is 11.1. The minimum atomic E-state index is 0.623. The van der Waals surface area contributed by atoms with Gasteiger partial charge in [-0.2, -0.15) is 0 Å². The van der Waals surface area contributed by atoms with Gasteiger partial charge in [0.2, 0.25) is 0 Å². The first-order valence-electron chi connectivity index (χ1n) is 6.91. The number of pyridine rings is 1. The van der Waals surface area contributed by atoms with Gasteiger partial charge in [0.1, 0.15) is 0 Å². The van der Waals surface area contributed by atoms with Crippen LogP contribution in [-0.2, 0) is 6.54 Å². The van der Waals surface area contributed by atoms with Crippen LogP contribution in [0.1, 0.15) is 50.4 Å². The molecule has 0 amide bonds. The lowest BCUT2D eigenvalue weighted by atomic mass is 9.84. The number of nitrogens with zero attached hydrogens (tertiary/aromatic N) is 1. The van der Waals surface area contributed by atoms with E-state index in [1.54, 1.807) is 0 Å². The Hall–Kier alpha value is -0.890. The van der Waals surface area contributed by atoms with Gasteiger partial charge in [-0.25, -0.2) is 0 Å². The van der Waals surface area contributed by atoms with E-state index in [2.05, 4.69) is 29.4 Å². The summed E-state index contributed by atoms with van der Waals surface area (Å²) in [5, 5.41) is 3.63. The zero-order valence-electron chi connectivity index (χ0n) is 11.1. The lowest BCUT2D eigenvalue weighted by molar-refractivity contribution is 0.280. The molecule has 1 saturated carbocycles. The molecule has 1 aromatic rings. The van der Waals surface area contributed by atoms with Crippen LogP contribution in [-0.4, -0.2) is 11.0 Å². The molecule has 2 heteroatoms. The fourth-order valence-corrected chi connectivity index (χ4v) is 2.76. The highest BCUT2D eigenvalue weighted by Gasteiger charge is 2.19. The molecule has 0 radical (unpaired) electrons. The molecule has 0 spiro atoms. The van der Waals surface area contributed by atoms with Crippen molar-refractivity contribution in [2.24, 2.45) is 5.92 Å². The molecule has 0 saturated heterocycles. The SMILES string of the molecule is Cc1cccc(CNC(C)C2CCCCC2)n1. The Bertz CT molecular complexity index is 343. The molecule has 1 fully saturated rings. The number of aromatic nitrogens is 1. The van der Waals surface area contributed by atoms with Gasteiger partial charge in [0.25, 0.3) is 0 Å². The lowest BCUT2D eigenvalue weighted by Gasteiger charge is -2.28. The molecular formula is C15H24N2. The van der Waals surface area contributed by atoms with Crippen molar-refractivity contribution in [3.63, 3.8) is 0 Å². The van der Waals surface area contributed by atoms with Crippen molar-refractivity contribution in [3.8, 4) is 0 Å². The van der Waals surface area contributed by atoms with Crippen LogP contribution in [0.3, 0.4) is 0 Å². The summed E-state index contributed by atoms with van der Waals surface area (Å²) in [6.07, 6.45) is 7.06. The summed E-state index contributed by atoms with van der Waals surface area (Å²) in [6, 6.07) is 6.87. The first-order chi connectivity index (χ1) is 8.25. The summed E-state index contributed by atoms with van der Waals surface area (Å²) >= 11 is 0. The van der Waals surface area contributed by atoms with Gasteiger partial charge in [-0.1, -0.05) is 25.3 Å². The van der Waals surface area contributed by atoms with Gasteiger partial charge in [0.15, 0.2) is 0 Å². The monoisotopic (exact) mass is 232 g/mol. The molecule has 0 aliphatic heterocycles. The standard InChI is InChI=1S/C15H24N2/c1-12-7-6-10-15(17-12)11-16-13(2)14-8-4-3-5-9-14/h6-7,10,13-14,16H,3-5,8-9,11H2,1-2H3. The molecule has 1 unspecified atom stereocenters. The second-order valence-corrected chi connectivity index (χ2v) is 5.34. The Balaban J connectivity index is 1.80. The topological polar surface area (TPSA) is 24.9 Å². The number of nitrogens with one attached hydrogen (secondary N) is 1. The highest BCUT2D eigenvalue weighted by Crippen LogP contribution is 2.26. The number of aryl methyl sites for hydroxylation is 1. The van der Waals surface area contributed by atoms with Crippen molar-refractivity contribution in [1.82, 2.24) is 10.3 Å². The summed E-state index contributed by atoms with van der Waals surface area (Å²) in [5.41, 5.74) is 2.27. The van der Waals surface area contributed by atoms with Gasteiger partial charge in [-0.15, -0.1) is 0 Å². The maximum absolute atomic E-state index is 4.53. The lowest BCUT2D eigenvalue weighted by Crippen LogP contribution is -2.34. The van der Waals surface area contributed by atoms with Crippen molar-refractivity contribution in [3.05, 3.63) is 29.6 Å². The van der Waals surface area contributed by atoms with E-state index in [1.807, 2.05) is 13.0 Å². The summed E-state index contributed by atoms with van der Waals surface area (Å²) in [7, 11) is 0. The normalized spacial score (nSPS) is 19.2. The first-order valence-corrected chi connectivity index (χ1v) is 6.91. The van der Waals surface area contributed by atoms with E-state index in [0.717, 1.165) is 23.9 Å². The van der Waals surface area contributed by atoms with Crippen molar-refractivity contribution in [2.45, 2.75) is 58.5 Å². The molecule has 2 rings (SSSR count). The number of rotatable bonds is 4. The summed E-state index contributed by atoms with van der Waals surface area (Å²) < 4.78 is 0. The Morgan fingerprint density at radius 2 is 2.06 bits per heavy atom. The number of hydrogen-bond donors (Lipinski definition) is 1. The first kappa shape index (κ1) is 12.6. The van der Waals surface area contributed by atoms with Gasteiger partial charge < -0.3 is 5.32 Å². The second-order valence-electron chi connectivity index (χ2n) is 5.34. The fraction of sp³-hybridized carbons (Fsp3) is 0.667. The molecule has 1 N–H and O–H groups in total. The quantitative estimate of drug-likeness (QED) is 0.860. The minimum absolute atomic E-state index is 0.623. The van der Waals surface area contributed by atoms with Crippen molar-refractivity contribution in [2.75, 3.05) is 0 Å². The van der Waals surface area contributed by atoms with Crippen LogP contribution in [0.2, 0.25) is 0 Å². The number of hydrogen-bond acceptors (Lipinski definition) is 2. The maximum atomic E-state index is 4.53. The van der Waals surface area contributed by atoms with Crippen LogP contribution in [0.5, 0.6) is 0 Å². The summed E-state index contributed by atoms with van der Waals surface area (Å²) in [6.45, 7) is 5.28. The Kier molecular flexibility index (Phi) is 4.55. The van der Waals surface area contributed by atoms with Crippen molar-refractivity contribution >= 4 is 0 Å². The average Bonchev–Trinajstić information content (AvgIpc) is 2.37. The Morgan fingerprint density at radius 1 is 1.29 bits per heavy atom. The van der Waals surface area contributed by atoms with Crippen molar-refractivity contribution in [1.29, 1.82) is 0 Å². The smallest absolute Gasteiger partial charge is 0.0544 e. The van der Waals surface area contributed by atoms with Gasteiger partial charge in [0, 0.05) is 18.3 Å². The second kappa shape index (κ2) is 6.15. The van der Waals surface area contributed by atoms with Crippen LogP contribution in [0.4, 0.5) is 0 Å². The molecule has 1 heterocycles. The summed E-state index contributed by atoms with van der Waals surface area (Å²) in [4.78, 5) is 4.53. The van der Waals surface area contributed by atoms with Crippen molar-refractivity contribution < 1.29 is 0 Å². The predicted octanol–water partition coefficient (Wildman–Crippen LogP) is 3.45. The van der Waals surface area contributed by atoms with Crippen LogP contribution >= 0.6 is 0 Å². The molecule has 17 heavy (non-hydrogen) atoms. The molecule has 1 aliphatic carbocycles.